The summed E-state index contributed by atoms with van der Waals surface area (Å²) in [7, 11) is 0. The van der Waals surface area contributed by atoms with Crippen molar-refractivity contribution in [1.29, 1.82) is 0 Å². The van der Waals surface area contributed by atoms with E-state index in [1.54, 1.807) is 0 Å². The summed E-state index contributed by atoms with van der Waals surface area (Å²) in [5.74, 6) is 0.482. The molecule has 1 aromatic heterocycles. The largest absolute Gasteiger partial charge is 0.255 e. The van der Waals surface area contributed by atoms with Gasteiger partial charge in [0.25, 0.3) is 0 Å². The second-order valence-electron chi connectivity index (χ2n) is 8.73. The molecule has 0 amide bonds. The summed E-state index contributed by atoms with van der Waals surface area (Å²) in [5.41, 5.74) is 7.80. The van der Waals surface area contributed by atoms with Crippen LogP contribution in [-0.2, 0) is 0 Å². The van der Waals surface area contributed by atoms with Crippen molar-refractivity contribution in [2.45, 2.75) is 27.7 Å². The van der Waals surface area contributed by atoms with Crippen molar-refractivity contribution >= 4 is 38.2 Å². The van der Waals surface area contributed by atoms with Crippen molar-refractivity contribution in [1.82, 2.24) is 0 Å². The van der Waals surface area contributed by atoms with Gasteiger partial charge in [-0.2, -0.15) is 0 Å². The van der Waals surface area contributed by atoms with Crippen molar-refractivity contribution in [3.8, 4) is 11.1 Å². The third kappa shape index (κ3) is 3.32. The summed E-state index contributed by atoms with van der Waals surface area (Å²) >= 11 is 1.89. The highest BCUT2D eigenvalue weighted by atomic mass is 32.1. The van der Waals surface area contributed by atoms with E-state index in [-0.39, 0.29) is 0 Å². The molecule has 2 heterocycles. The van der Waals surface area contributed by atoms with E-state index in [2.05, 4.69) is 107 Å². The van der Waals surface area contributed by atoms with Gasteiger partial charge in [-0.25, -0.2) is 0 Å². The maximum atomic E-state index is 4.34. The van der Waals surface area contributed by atoms with Crippen LogP contribution >= 0.6 is 11.3 Å². The van der Waals surface area contributed by atoms with E-state index in [1.807, 2.05) is 15.9 Å². The molecule has 0 bridgehead atoms. The van der Waals surface area contributed by atoms with Crippen LogP contribution in [0, 0.1) is 18.9 Å². The Hall–Kier alpha value is -3.10. The van der Waals surface area contributed by atoms with Crippen LogP contribution in [0.5, 0.6) is 0 Å². The topological polar surface area (TPSA) is 3.01 Å². The maximum Gasteiger partial charge on any atom is 0.159 e. The van der Waals surface area contributed by atoms with Crippen molar-refractivity contribution in [2.24, 2.45) is 5.92 Å². The zero-order valence-electron chi connectivity index (χ0n) is 18.6. The lowest BCUT2D eigenvalue weighted by Crippen LogP contribution is -2.19. The summed E-state index contributed by atoms with van der Waals surface area (Å²) in [6, 6.07) is 23.2. The van der Waals surface area contributed by atoms with Gasteiger partial charge < -0.3 is 0 Å². The number of aryl methyl sites for hydroxylation is 1. The highest BCUT2D eigenvalue weighted by Crippen LogP contribution is 2.43. The third-order valence-corrected chi connectivity index (χ3v) is 7.43. The van der Waals surface area contributed by atoms with Gasteiger partial charge in [0.2, 0.25) is 0 Å². The molecule has 0 spiro atoms. The first-order valence-corrected chi connectivity index (χ1v) is 11.6. The second-order valence-corrected chi connectivity index (χ2v) is 9.79. The molecule has 0 unspecified atom stereocenters. The minimum Gasteiger partial charge on any atom is -0.255 e. The summed E-state index contributed by atoms with van der Waals surface area (Å²) < 4.78 is 4.72. The first kappa shape index (κ1) is 19.8. The Bertz CT molecular complexity index is 1380. The zero-order chi connectivity index (χ0) is 21.7. The Morgan fingerprint density at radius 3 is 2.45 bits per heavy atom. The maximum absolute atomic E-state index is 4.34. The van der Waals surface area contributed by atoms with Crippen LogP contribution in [0.4, 0.5) is 0 Å². The van der Waals surface area contributed by atoms with Crippen LogP contribution < -0.4 is 0 Å². The predicted molar refractivity (Wildman–Crippen MR) is 136 cm³/mol. The highest BCUT2D eigenvalue weighted by Gasteiger charge is 2.27. The lowest BCUT2D eigenvalue weighted by atomic mass is 9.88. The monoisotopic (exact) mass is 421 g/mol. The standard InChI is InChI=1S/C29H27NS/c1-18(2)25-16-26(30(5)17-20(25)4)28-19(3)11-13-24-23-14-12-22(15-27(23)31-29(24)28)21-9-7-6-8-10-21/h6-18H,5H2,1-4H3. The van der Waals surface area contributed by atoms with Gasteiger partial charge in [0.05, 0.1) is 6.72 Å². The number of fused-ring (bicyclic) bond motifs is 3. The lowest BCUT2D eigenvalue weighted by molar-refractivity contribution is -0.418. The van der Waals surface area contributed by atoms with E-state index in [1.165, 1.54) is 59.6 Å². The number of benzene rings is 3. The number of thiophene rings is 1. The molecule has 1 aliphatic rings. The molecule has 1 nitrogen and oxygen atoms in total. The summed E-state index contributed by atoms with van der Waals surface area (Å²) in [5, 5.41) is 2.65. The number of allylic oxidation sites excluding steroid dienone is 2. The minimum absolute atomic E-state index is 0.482. The van der Waals surface area contributed by atoms with Crippen LogP contribution in [-0.4, -0.2) is 11.3 Å². The van der Waals surface area contributed by atoms with E-state index in [9.17, 15) is 0 Å². The van der Waals surface area contributed by atoms with Gasteiger partial charge >= 0.3 is 0 Å². The molecule has 0 saturated carbocycles. The molecule has 3 aromatic carbocycles. The molecule has 0 N–H and O–H groups in total. The molecule has 0 saturated heterocycles. The van der Waals surface area contributed by atoms with Crippen LogP contribution in [0.1, 0.15) is 31.9 Å². The van der Waals surface area contributed by atoms with Crippen molar-refractivity contribution < 1.29 is 4.58 Å². The number of rotatable bonds is 3. The van der Waals surface area contributed by atoms with E-state index < -0.39 is 0 Å². The van der Waals surface area contributed by atoms with Crippen molar-refractivity contribution in [2.75, 3.05) is 0 Å². The summed E-state index contributed by atoms with van der Waals surface area (Å²) in [6.45, 7) is 13.2. The number of hydrogen-bond acceptors (Lipinski definition) is 0. The molecule has 0 radical (unpaired) electrons. The normalized spacial score (nSPS) is 14.5. The quantitative estimate of drug-likeness (QED) is 0.178. The molecule has 5 rings (SSSR count). The number of nitrogens with zero attached hydrogens (tertiary/aromatic N) is 1. The Kier molecular flexibility index (Phi) is 4.83. The molecule has 154 valence electrons. The zero-order valence-corrected chi connectivity index (χ0v) is 19.4. The predicted octanol–water partition coefficient (Wildman–Crippen LogP) is 8.12. The highest BCUT2D eigenvalue weighted by molar-refractivity contribution is 7.26. The van der Waals surface area contributed by atoms with E-state index in [0.717, 1.165) is 0 Å². The first-order valence-electron chi connectivity index (χ1n) is 10.8. The second kappa shape index (κ2) is 7.55. The summed E-state index contributed by atoms with van der Waals surface area (Å²) in [4.78, 5) is 0. The molecule has 1 aliphatic heterocycles. The van der Waals surface area contributed by atoms with E-state index in [4.69, 9.17) is 0 Å². The molecular formula is C29H27NS. The SMILES string of the molecule is C=[N+]1C=C(C)C(C(C)C)=C[C-]1c1c(C)ccc2c1[s+][c-]1cc(-c3ccccc3)ccc21. The van der Waals surface area contributed by atoms with Gasteiger partial charge in [0.15, 0.2) is 15.4 Å². The fourth-order valence-corrected chi connectivity index (χ4v) is 5.98. The van der Waals surface area contributed by atoms with Gasteiger partial charge in [-0.05, 0) is 29.9 Å². The first-order chi connectivity index (χ1) is 14.9. The van der Waals surface area contributed by atoms with Gasteiger partial charge in [-0.15, -0.1) is 12.1 Å². The molecule has 0 atom stereocenters. The molecule has 0 aliphatic carbocycles. The van der Waals surface area contributed by atoms with Gasteiger partial charge in [-0.3, -0.25) is 4.58 Å². The van der Waals surface area contributed by atoms with Crippen LogP contribution in [0.15, 0.2) is 84.1 Å². The van der Waals surface area contributed by atoms with Crippen LogP contribution in [0.3, 0.4) is 0 Å². The van der Waals surface area contributed by atoms with Gasteiger partial charge in [-0.1, -0.05) is 97.0 Å². The average molecular weight is 422 g/mol. The summed E-state index contributed by atoms with van der Waals surface area (Å²) in [6.07, 6.45) is 4.51. The van der Waals surface area contributed by atoms with E-state index >= 15 is 0 Å². The van der Waals surface area contributed by atoms with Crippen LogP contribution in [0.2, 0.25) is 0 Å². The smallest absolute Gasteiger partial charge is 0.159 e. The molecule has 31 heavy (non-hydrogen) atoms. The molecular weight excluding hydrogens is 394 g/mol. The minimum atomic E-state index is 0.482. The average Bonchev–Trinajstić information content (AvgIpc) is 3.12. The van der Waals surface area contributed by atoms with E-state index in [0.29, 0.717) is 5.92 Å². The number of hydrogen-bond donors (Lipinski definition) is 0. The van der Waals surface area contributed by atoms with Crippen molar-refractivity contribution in [3.63, 3.8) is 0 Å². The molecule has 4 aromatic rings. The molecule has 0 fully saturated rings. The fraction of sp³-hybridized carbons (Fsp3) is 0.172. The Labute approximate surface area is 188 Å². The Morgan fingerprint density at radius 2 is 1.71 bits per heavy atom. The fourth-order valence-electron chi connectivity index (χ4n) is 4.63. The van der Waals surface area contributed by atoms with Crippen molar-refractivity contribution in [3.05, 3.63) is 101 Å². The van der Waals surface area contributed by atoms with Gasteiger partial charge in [0.1, 0.15) is 17.5 Å². The Balaban J connectivity index is 1.72. The molecule has 2 heteroatoms. The Morgan fingerprint density at radius 1 is 0.935 bits per heavy atom. The van der Waals surface area contributed by atoms with Crippen LogP contribution in [0.25, 0.3) is 31.3 Å². The third-order valence-electron chi connectivity index (χ3n) is 6.24. The lowest BCUT2D eigenvalue weighted by Gasteiger charge is -2.25. The van der Waals surface area contributed by atoms with Gasteiger partial charge in [0, 0.05) is 5.56 Å².